The fourth-order valence-electron chi connectivity index (χ4n) is 2.57. The van der Waals surface area contributed by atoms with Crippen molar-refractivity contribution in [1.29, 1.82) is 0 Å². The molecule has 1 aromatic rings. The van der Waals surface area contributed by atoms with E-state index in [1.807, 2.05) is 23.1 Å². The van der Waals surface area contributed by atoms with E-state index in [-0.39, 0.29) is 24.4 Å². The Balaban J connectivity index is 0.00000180. The minimum Gasteiger partial charge on any atom is -0.320 e. The topological polar surface area (TPSA) is 46.3 Å². The molecule has 0 aromatic heterocycles. The molecule has 1 atom stereocenters. The second-order valence-corrected chi connectivity index (χ2v) is 5.46. The van der Waals surface area contributed by atoms with Crippen LogP contribution in [0, 0.1) is 5.92 Å². The molecule has 106 valence electrons. The number of halogens is 1. The molecule has 0 aliphatic carbocycles. The average Bonchev–Trinajstić information content (AvgIpc) is 2.36. The van der Waals surface area contributed by atoms with Crippen LogP contribution in [0.2, 0.25) is 0 Å². The van der Waals surface area contributed by atoms with Crippen LogP contribution in [0.15, 0.2) is 24.3 Å². The number of anilines is 1. The summed E-state index contributed by atoms with van der Waals surface area (Å²) in [6.45, 7) is 4.98. The highest BCUT2D eigenvalue weighted by atomic mass is 35.5. The van der Waals surface area contributed by atoms with Crippen molar-refractivity contribution < 1.29 is 4.79 Å². The molecule has 19 heavy (non-hydrogen) atoms. The molecule has 1 aromatic carbocycles. The Morgan fingerprint density at radius 1 is 1.37 bits per heavy atom. The highest BCUT2D eigenvalue weighted by Crippen LogP contribution is 2.27. The molecule has 3 nitrogen and oxygen atoms in total. The van der Waals surface area contributed by atoms with E-state index in [0.29, 0.717) is 5.92 Å². The van der Waals surface area contributed by atoms with E-state index in [4.69, 9.17) is 5.73 Å². The number of fused-ring (bicyclic) bond motifs is 1. The first kappa shape index (κ1) is 16.0. The summed E-state index contributed by atoms with van der Waals surface area (Å²) in [5.41, 5.74) is 8.32. The van der Waals surface area contributed by atoms with Crippen LogP contribution in [0.3, 0.4) is 0 Å². The van der Waals surface area contributed by atoms with Crippen molar-refractivity contribution in [3.05, 3.63) is 29.8 Å². The van der Waals surface area contributed by atoms with Crippen molar-refractivity contribution in [2.75, 3.05) is 11.4 Å². The van der Waals surface area contributed by atoms with E-state index in [9.17, 15) is 4.79 Å². The van der Waals surface area contributed by atoms with Gasteiger partial charge in [0.05, 0.1) is 6.04 Å². The van der Waals surface area contributed by atoms with E-state index < -0.39 is 0 Å². The number of rotatable bonds is 3. The lowest BCUT2D eigenvalue weighted by Gasteiger charge is -2.31. The molecular formula is C15H23ClN2O. The Kier molecular flexibility index (Phi) is 5.83. The highest BCUT2D eigenvalue weighted by molar-refractivity contribution is 5.98. The molecule has 0 bridgehead atoms. The van der Waals surface area contributed by atoms with Crippen molar-refractivity contribution in [3.63, 3.8) is 0 Å². The quantitative estimate of drug-likeness (QED) is 0.927. The number of para-hydroxylation sites is 1. The standard InChI is InChI=1S/C15H22N2O.ClH/c1-11(2)10-13(16)15(18)17-9-5-7-12-6-3-4-8-14(12)17;/h3-4,6,8,11,13H,5,7,9-10,16H2,1-2H3;1H. The Morgan fingerprint density at radius 2 is 2.05 bits per heavy atom. The fourth-order valence-corrected chi connectivity index (χ4v) is 2.57. The van der Waals surface area contributed by atoms with Gasteiger partial charge in [-0.05, 0) is 36.8 Å². The van der Waals surface area contributed by atoms with Crippen LogP contribution >= 0.6 is 12.4 Å². The molecule has 0 saturated carbocycles. The summed E-state index contributed by atoms with van der Waals surface area (Å²) in [5, 5.41) is 0. The summed E-state index contributed by atoms with van der Waals surface area (Å²) in [4.78, 5) is 14.3. The predicted molar refractivity (Wildman–Crippen MR) is 81.8 cm³/mol. The predicted octanol–water partition coefficient (Wildman–Crippen LogP) is 2.76. The molecule has 1 heterocycles. The maximum atomic E-state index is 12.4. The van der Waals surface area contributed by atoms with Crippen molar-refractivity contribution >= 4 is 24.0 Å². The number of carbonyl (C=O) groups excluding carboxylic acids is 1. The van der Waals surface area contributed by atoms with Gasteiger partial charge in [0.2, 0.25) is 5.91 Å². The summed E-state index contributed by atoms with van der Waals surface area (Å²) in [6.07, 6.45) is 2.83. The summed E-state index contributed by atoms with van der Waals surface area (Å²) < 4.78 is 0. The summed E-state index contributed by atoms with van der Waals surface area (Å²) in [6, 6.07) is 7.76. The van der Waals surface area contributed by atoms with Crippen LogP contribution in [0.1, 0.15) is 32.3 Å². The maximum absolute atomic E-state index is 12.4. The zero-order chi connectivity index (χ0) is 13.1. The molecule has 0 saturated heterocycles. The third kappa shape index (κ3) is 3.71. The monoisotopic (exact) mass is 282 g/mol. The number of hydrogen-bond donors (Lipinski definition) is 1. The SMILES string of the molecule is CC(C)CC(N)C(=O)N1CCCc2ccccc21.Cl. The van der Waals surface area contributed by atoms with Crippen molar-refractivity contribution in [2.24, 2.45) is 11.7 Å². The van der Waals surface area contributed by atoms with Crippen LogP contribution in [-0.4, -0.2) is 18.5 Å². The first-order valence-electron chi connectivity index (χ1n) is 6.74. The lowest BCUT2D eigenvalue weighted by molar-refractivity contribution is -0.120. The second-order valence-electron chi connectivity index (χ2n) is 5.46. The van der Waals surface area contributed by atoms with Crippen LogP contribution < -0.4 is 10.6 Å². The van der Waals surface area contributed by atoms with Crippen LogP contribution in [-0.2, 0) is 11.2 Å². The smallest absolute Gasteiger partial charge is 0.243 e. The lowest BCUT2D eigenvalue weighted by atomic mass is 9.99. The lowest BCUT2D eigenvalue weighted by Crippen LogP contribution is -2.46. The molecule has 1 unspecified atom stereocenters. The first-order valence-corrected chi connectivity index (χ1v) is 6.74. The molecule has 0 radical (unpaired) electrons. The average molecular weight is 283 g/mol. The Morgan fingerprint density at radius 3 is 2.74 bits per heavy atom. The van der Waals surface area contributed by atoms with Crippen molar-refractivity contribution in [2.45, 2.75) is 39.2 Å². The van der Waals surface area contributed by atoms with Crippen LogP contribution in [0.5, 0.6) is 0 Å². The number of nitrogens with zero attached hydrogens (tertiary/aromatic N) is 1. The minimum absolute atomic E-state index is 0. The van der Waals surface area contributed by atoms with Crippen molar-refractivity contribution in [1.82, 2.24) is 0 Å². The van der Waals surface area contributed by atoms with Gasteiger partial charge in [-0.3, -0.25) is 4.79 Å². The van der Waals surface area contributed by atoms with Crippen LogP contribution in [0.25, 0.3) is 0 Å². The Bertz CT molecular complexity index is 434. The number of hydrogen-bond acceptors (Lipinski definition) is 2. The van der Waals surface area contributed by atoms with Gasteiger partial charge in [-0.15, -0.1) is 12.4 Å². The van der Waals surface area contributed by atoms with Gasteiger partial charge < -0.3 is 10.6 Å². The second kappa shape index (κ2) is 6.92. The third-order valence-corrected chi connectivity index (χ3v) is 3.42. The Labute approximate surface area is 121 Å². The van der Waals surface area contributed by atoms with E-state index in [1.165, 1.54) is 5.56 Å². The van der Waals surface area contributed by atoms with Gasteiger partial charge in [0, 0.05) is 12.2 Å². The maximum Gasteiger partial charge on any atom is 0.243 e. The zero-order valence-electron chi connectivity index (χ0n) is 11.6. The van der Waals surface area contributed by atoms with Crippen molar-refractivity contribution in [3.8, 4) is 0 Å². The molecule has 1 aliphatic rings. The molecule has 0 spiro atoms. The van der Waals surface area contributed by atoms with Gasteiger partial charge >= 0.3 is 0 Å². The Hall–Kier alpha value is -1.06. The number of nitrogens with two attached hydrogens (primary N) is 1. The molecule has 0 fully saturated rings. The zero-order valence-corrected chi connectivity index (χ0v) is 12.5. The van der Waals surface area contributed by atoms with Gasteiger partial charge in [0.1, 0.15) is 0 Å². The minimum atomic E-state index is -0.379. The summed E-state index contributed by atoms with van der Waals surface area (Å²) in [7, 11) is 0. The molecule has 1 aliphatic heterocycles. The van der Waals surface area contributed by atoms with E-state index in [2.05, 4.69) is 19.9 Å². The molecule has 2 rings (SSSR count). The van der Waals surface area contributed by atoms with Gasteiger partial charge in [0.25, 0.3) is 0 Å². The third-order valence-electron chi connectivity index (χ3n) is 3.42. The number of benzene rings is 1. The van der Waals surface area contributed by atoms with Crippen LogP contribution in [0.4, 0.5) is 5.69 Å². The largest absolute Gasteiger partial charge is 0.320 e. The molecular weight excluding hydrogens is 260 g/mol. The van der Waals surface area contributed by atoms with Gasteiger partial charge in [-0.1, -0.05) is 32.0 Å². The molecule has 4 heteroatoms. The van der Waals surface area contributed by atoms with E-state index in [1.54, 1.807) is 0 Å². The summed E-state index contributed by atoms with van der Waals surface area (Å²) >= 11 is 0. The number of carbonyl (C=O) groups is 1. The van der Waals surface area contributed by atoms with Gasteiger partial charge in [0.15, 0.2) is 0 Å². The first-order chi connectivity index (χ1) is 8.59. The highest BCUT2D eigenvalue weighted by Gasteiger charge is 2.26. The van der Waals surface area contributed by atoms with E-state index >= 15 is 0 Å². The molecule has 2 N–H and O–H groups in total. The van der Waals surface area contributed by atoms with Gasteiger partial charge in [-0.2, -0.15) is 0 Å². The van der Waals surface area contributed by atoms with Gasteiger partial charge in [-0.25, -0.2) is 0 Å². The molecule has 1 amide bonds. The normalized spacial score (nSPS) is 15.7. The van der Waals surface area contributed by atoms with E-state index in [0.717, 1.165) is 31.5 Å². The summed E-state index contributed by atoms with van der Waals surface area (Å²) in [5.74, 6) is 0.514. The number of amides is 1. The number of aryl methyl sites for hydroxylation is 1. The fraction of sp³-hybridized carbons (Fsp3) is 0.533.